The summed E-state index contributed by atoms with van der Waals surface area (Å²) in [4.78, 5) is 10.2. The molecule has 0 saturated carbocycles. The van der Waals surface area contributed by atoms with Crippen LogP contribution in [0.2, 0.25) is 5.02 Å². The standard InChI is InChI=1S/C13H8Cl2FNO3/c14-7-8-5-9(2-4-13(8)17(18)19)20-10-1-3-11(15)12(16)6-10/h1-6H,7H2. The van der Waals surface area contributed by atoms with Crippen molar-refractivity contribution in [3.05, 3.63) is 62.9 Å². The fraction of sp³-hybridized carbons (Fsp3) is 0.0769. The van der Waals surface area contributed by atoms with E-state index in [1.54, 1.807) is 0 Å². The topological polar surface area (TPSA) is 52.4 Å². The van der Waals surface area contributed by atoms with Crippen molar-refractivity contribution in [3.63, 3.8) is 0 Å². The van der Waals surface area contributed by atoms with Crippen LogP contribution < -0.4 is 4.74 Å². The van der Waals surface area contributed by atoms with Gasteiger partial charge in [-0.3, -0.25) is 10.1 Å². The first-order valence-electron chi connectivity index (χ1n) is 5.47. The Hall–Kier alpha value is -1.85. The van der Waals surface area contributed by atoms with Gasteiger partial charge >= 0.3 is 0 Å². The van der Waals surface area contributed by atoms with E-state index >= 15 is 0 Å². The van der Waals surface area contributed by atoms with Crippen molar-refractivity contribution < 1.29 is 14.1 Å². The monoisotopic (exact) mass is 315 g/mol. The fourth-order valence-electron chi connectivity index (χ4n) is 1.59. The van der Waals surface area contributed by atoms with Crippen molar-refractivity contribution >= 4 is 28.9 Å². The van der Waals surface area contributed by atoms with E-state index in [1.807, 2.05) is 0 Å². The highest BCUT2D eigenvalue weighted by Gasteiger charge is 2.14. The summed E-state index contributed by atoms with van der Waals surface area (Å²) in [6.45, 7) is 0. The largest absolute Gasteiger partial charge is 0.457 e. The summed E-state index contributed by atoms with van der Waals surface area (Å²) in [7, 11) is 0. The van der Waals surface area contributed by atoms with Crippen molar-refractivity contribution in [2.24, 2.45) is 0 Å². The number of hydrogen-bond donors (Lipinski definition) is 0. The molecular weight excluding hydrogens is 308 g/mol. The lowest BCUT2D eigenvalue weighted by Gasteiger charge is -2.07. The minimum absolute atomic E-state index is 0.0116. The molecule has 20 heavy (non-hydrogen) atoms. The number of hydrogen-bond acceptors (Lipinski definition) is 3. The molecule has 2 aromatic rings. The van der Waals surface area contributed by atoms with Gasteiger partial charge in [0.05, 0.1) is 15.8 Å². The lowest BCUT2D eigenvalue weighted by atomic mass is 10.2. The van der Waals surface area contributed by atoms with E-state index in [9.17, 15) is 14.5 Å². The highest BCUT2D eigenvalue weighted by atomic mass is 35.5. The smallest absolute Gasteiger partial charge is 0.274 e. The average molecular weight is 316 g/mol. The van der Waals surface area contributed by atoms with E-state index < -0.39 is 10.7 Å². The van der Waals surface area contributed by atoms with Gasteiger partial charge in [0, 0.05) is 17.7 Å². The summed E-state index contributed by atoms with van der Waals surface area (Å²) < 4.78 is 18.7. The second-order valence-corrected chi connectivity index (χ2v) is 4.53. The van der Waals surface area contributed by atoms with Gasteiger partial charge in [-0.1, -0.05) is 11.6 Å². The molecule has 0 saturated heterocycles. The maximum absolute atomic E-state index is 13.3. The predicted octanol–water partition coefficient (Wildman–Crippen LogP) is 4.92. The summed E-state index contributed by atoms with van der Waals surface area (Å²) in [5.41, 5.74) is 0.234. The van der Waals surface area contributed by atoms with Crippen LogP contribution in [0.15, 0.2) is 36.4 Å². The number of nitro groups is 1. The molecule has 0 bridgehead atoms. The molecule has 0 aliphatic heterocycles. The van der Waals surface area contributed by atoms with Crippen LogP contribution >= 0.6 is 23.2 Å². The Morgan fingerprint density at radius 1 is 1.20 bits per heavy atom. The molecule has 0 amide bonds. The van der Waals surface area contributed by atoms with Crippen LogP contribution in [-0.2, 0) is 5.88 Å². The summed E-state index contributed by atoms with van der Waals surface area (Å²) in [5, 5.41) is 10.8. The molecule has 2 rings (SSSR count). The summed E-state index contributed by atoms with van der Waals surface area (Å²) in [6.07, 6.45) is 0. The number of alkyl halides is 1. The van der Waals surface area contributed by atoms with Crippen molar-refractivity contribution in [2.45, 2.75) is 5.88 Å². The van der Waals surface area contributed by atoms with Gasteiger partial charge in [0.1, 0.15) is 17.3 Å². The number of ether oxygens (including phenoxy) is 1. The van der Waals surface area contributed by atoms with Crippen LogP contribution in [-0.4, -0.2) is 4.92 Å². The summed E-state index contributed by atoms with van der Waals surface area (Å²) in [5.74, 6) is -0.0689. The molecule has 0 radical (unpaired) electrons. The molecule has 0 spiro atoms. The van der Waals surface area contributed by atoms with Crippen molar-refractivity contribution in [3.8, 4) is 11.5 Å². The zero-order valence-corrected chi connectivity index (χ0v) is 11.5. The van der Waals surface area contributed by atoms with Gasteiger partial charge in [0.2, 0.25) is 0 Å². The second kappa shape index (κ2) is 6.07. The normalized spacial score (nSPS) is 10.3. The number of benzene rings is 2. The van der Waals surface area contributed by atoms with Crippen LogP contribution in [0.3, 0.4) is 0 Å². The number of nitro benzene ring substituents is 1. The summed E-state index contributed by atoms with van der Waals surface area (Å²) >= 11 is 11.2. The quantitative estimate of drug-likeness (QED) is 0.457. The Bertz CT molecular complexity index is 664. The number of rotatable bonds is 4. The third-order valence-corrected chi connectivity index (χ3v) is 3.11. The van der Waals surface area contributed by atoms with E-state index in [0.717, 1.165) is 6.07 Å². The molecular formula is C13H8Cl2FNO3. The van der Waals surface area contributed by atoms with Crippen molar-refractivity contribution in [1.82, 2.24) is 0 Å². The van der Waals surface area contributed by atoms with E-state index in [1.165, 1.54) is 30.3 Å². The zero-order valence-electron chi connectivity index (χ0n) is 9.98. The molecule has 0 fully saturated rings. The third-order valence-electron chi connectivity index (χ3n) is 2.52. The average Bonchev–Trinajstić information content (AvgIpc) is 2.42. The maximum atomic E-state index is 13.3. The third kappa shape index (κ3) is 3.18. The zero-order chi connectivity index (χ0) is 14.7. The molecule has 4 nitrogen and oxygen atoms in total. The van der Waals surface area contributed by atoms with Gasteiger partial charge in [-0.2, -0.15) is 0 Å². The molecule has 0 aromatic heterocycles. The molecule has 0 heterocycles. The van der Waals surface area contributed by atoms with Crippen LogP contribution in [0.1, 0.15) is 5.56 Å². The van der Waals surface area contributed by atoms with E-state index in [2.05, 4.69) is 0 Å². The minimum atomic E-state index is -0.608. The molecule has 7 heteroatoms. The first kappa shape index (κ1) is 14.6. The van der Waals surface area contributed by atoms with Gasteiger partial charge < -0.3 is 4.74 Å². The SMILES string of the molecule is O=[N+]([O-])c1ccc(Oc2ccc(Cl)c(F)c2)cc1CCl. The lowest BCUT2D eigenvalue weighted by molar-refractivity contribution is -0.385. The molecule has 0 unspecified atom stereocenters. The second-order valence-electron chi connectivity index (χ2n) is 3.86. The molecule has 104 valence electrons. The van der Waals surface area contributed by atoms with E-state index in [4.69, 9.17) is 27.9 Å². The molecule has 0 aliphatic rings. The number of nitrogens with zero attached hydrogens (tertiary/aromatic N) is 1. The van der Waals surface area contributed by atoms with Crippen LogP contribution in [0.5, 0.6) is 11.5 Å². The number of halogens is 3. The Kier molecular flexibility index (Phi) is 4.42. The van der Waals surface area contributed by atoms with E-state index in [0.29, 0.717) is 11.3 Å². The molecule has 2 aromatic carbocycles. The molecule has 0 N–H and O–H groups in total. The molecule has 0 aliphatic carbocycles. The highest BCUT2D eigenvalue weighted by Crippen LogP contribution is 2.30. The van der Waals surface area contributed by atoms with Crippen molar-refractivity contribution in [2.75, 3.05) is 0 Å². The Morgan fingerprint density at radius 2 is 1.85 bits per heavy atom. The highest BCUT2D eigenvalue weighted by molar-refractivity contribution is 6.30. The fourth-order valence-corrected chi connectivity index (χ4v) is 1.92. The van der Waals surface area contributed by atoms with Crippen LogP contribution in [0, 0.1) is 15.9 Å². The van der Waals surface area contributed by atoms with Crippen LogP contribution in [0.25, 0.3) is 0 Å². The minimum Gasteiger partial charge on any atom is -0.457 e. The van der Waals surface area contributed by atoms with Gasteiger partial charge in [-0.25, -0.2) is 4.39 Å². The van der Waals surface area contributed by atoms with Gasteiger partial charge in [0.15, 0.2) is 0 Å². The first-order valence-corrected chi connectivity index (χ1v) is 6.38. The lowest BCUT2D eigenvalue weighted by Crippen LogP contribution is -1.94. The first-order chi connectivity index (χ1) is 9.51. The van der Waals surface area contributed by atoms with Gasteiger partial charge in [0.25, 0.3) is 5.69 Å². The molecule has 0 atom stereocenters. The Balaban J connectivity index is 2.29. The predicted molar refractivity (Wildman–Crippen MR) is 74.1 cm³/mol. The Labute approximate surface area is 123 Å². The van der Waals surface area contributed by atoms with E-state index in [-0.39, 0.29) is 22.3 Å². The van der Waals surface area contributed by atoms with Crippen molar-refractivity contribution in [1.29, 1.82) is 0 Å². The van der Waals surface area contributed by atoms with Crippen LogP contribution in [0.4, 0.5) is 10.1 Å². The van der Waals surface area contributed by atoms with Gasteiger partial charge in [-0.15, -0.1) is 11.6 Å². The van der Waals surface area contributed by atoms with Gasteiger partial charge in [-0.05, 0) is 24.3 Å². The Morgan fingerprint density at radius 3 is 2.45 bits per heavy atom. The maximum Gasteiger partial charge on any atom is 0.274 e. The summed E-state index contributed by atoms with van der Waals surface area (Å²) in [6, 6.07) is 8.13.